The third-order valence-electron chi connectivity index (χ3n) is 5.52. The third kappa shape index (κ3) is 2.11. The lowest BCUT2D eigenvalue weighted by atomic mass is 9.54. The Morgan fingerprint density at radius 3 is 2.42 bits per heavy atom. The Bertz CT molecular complexity index is 485. The van der Waals surface area contributed by atoms with Gasteiger partial charge < -0.3 is 5.32 Å². The van der Waals surface area contributed by atoms with Crippen LogP contribution >= 0.6 is 11.3 Å². The van der Waals surface area contributed by atoms with Crippen LogP contribution in [0.15, 0.2) is 11.4 Å². The van der Waals surface area contributed by atoms with Crippen molar-refractivity contribution >= 4 is 11.3 Å². The van der Waals surface area contributed by atoms with Crippen LogP contribution in [0.5, 0.6) is 0 Å². The SMILES string of the molecule is N#Cc1csc(CNC2C3CC4CC(C3)CC2C4)c1. The largest absolute Gasteiger partial charge is 0.309 e. The summed E-state index contributed by atoms with van der Waals surface area (Å²) < 4.78 is 0. The lowest BCUT2D eigenvalue weighted by molar-refractivity contribution is -0.0141. The minimum Gasteiger partial charge on any atom is -0.309 e. The Balaban J connectivity index is 1.42. The van der Waals surface area contributed by atoms with Gasteiger partial charge in [-0.05, 0) is 61.8 Å². The Kier molecular flexibility index (Phi) is 2.90. The lowest BCUT2D eigenvalue weighted by Gasteiger charge is -2.54. The van der Waals surface area contributed by atoms with E-state index in [1.54, 1.807) is 11.3 Å². The Morgan fingerprint density at radius 1 is 1.16 bits per heavy atom. The van der Waals surface area contributed by atoms with E-state index in [9.17, 15) is 0 Å². The summed E-state index contributed by atoms with van der Waals surface area (Å²) in [6.45, 7) is 0.958. The van der Waals surface area contributed by atoms with Crippen LogP contribution in [0.4, 0.5) is 0 Å². The highest BCUT2D eigenvalue weighted by molar-refractivity contribution is 7.10. The minimum absolute atomic E-state index is 0.750. The molecule has 0 aliphatic heterocycles. The zero-order valence-corrected chi connectivity index (χ0v) is 12.0. The van der Waals surface area contributed by atoms with E-state index in [1.807, 2.05) is 11.4 Å². The molecule has 5 rings (SSSR count). The maximum atomic E-state index is 8.87. The van der Waals surface area contributed by atoms with E-state index in [2.05, 4.69) is 11.4 Å². The van der Waals surface area contributed by atoms with Gasteiger partial charge >= 0.3 is 0 Å². The molecule has 0 unspecified atom stereocenters. The molecule has 0 atom stereocenters. The van der Waals surface area contributed by atoms with Gasteiger partial charge in [-0.15, -0.1) is 11.3 Å². The fourth-order valence-corrected chi connectivity index (χ4v) is 5.77. The van der Waals surface area contributed by atoms with Crippen molar-refractivity contribution in [2.24, 2.45) is 23.7 Å². The molecule has 1 aromatic heterocycles. The maximum Gasteiger partial charge on any atom is 0.100 e. The first-order valence-electron chi connectivity index (χ1n) is 7.52. The summed E-state index contributed by atoms with van der Waals surface area (Å²) in [5, 5.41) is 14.7. The number of hydrogen-bond donors (Lipinski definition) is 1. The van der Waals surface area contributed by atoms with Crippen LogP contribution in [0.1, 0.15) is 42.5 Å². The van der Waals surface area contributed by atoms with E-state index in [0.717, 1.165) is 41.8 Å². The molecule has 0 saturated heterocycles. The van der Waals surface area contributed by atoms with E-state index < -0.39 is 0 Å². The second-order valence-electron chi connectivity index (χ2n) is 6.75. The number of thiophene rings is 1. The smallest absolute Gasteiger partial charge is 0.100 e. The molecular formula is C16H20N2S. The molecule has 1 aromatic rings. The van der Waals surface area contributed by atoms with E-state index in [0.29, 0.717) is 0 Å². The van der Waals surface area contributed by atoms with Crippen molar-refractivity contribution in [1.29, 1.82) is 5.26 Å². The topological polar surface area (TPSA) is 35.8 Å². The fourth-order valence-electron chi connectivity index (χ4n) is 5.01. The molecule has 1 heterocycles. The normalized spacial score (nSPS) is 39.4. The molecule has 0 radical (unpaired) electrons. The van der Waals surface area contributed by atoms with Gasteiger partial charge in [0.2, 0.25) is 0 Å². The summed E-state index contributed by atoms with van der Waals surface area (Å²) in [5.74, 6) is 3.97. The Hall–Kier alpha value is -0.850. The number of nitrogens with zero attached hydrogens (tertiary/aromatic N) is 1. The Labute approximate surface area is 118 Å². The van der Waals surface area contributed by atoms with Gasteiger partial charge in [0.25, 0.3) is 0 Å². The zero-order chi connectivity index (χ0) is 12.8. The van der Waals surface area contributed by atoms with Crippen LogP contribution in [-0.2, 0) is 6.54 Å². The minimum atomic E-state index is 0.750. The molecule has 4 aliphatic carbocycles. The quantitative estimate of drug-likeness (QED) is 0.913. The number of hydrogen-bond acceptors (Lipinski definition) is 3. The van der Waals surface area contributed by atoms with Gasteiger partial charge in [0.15, 0.2) is 0 Å². The highest BCUT2D eigenvalue weighted by Crippen LogP contribution is 2.53. The van der Waals surface area contributed by atoms with Crippen LogP contribution in [0.25, 0.3) is 0 Å². The van der Waals surface area contributed by atoms with E-state index in [1.165, 1.54) is 37.0 Å². The van der Waals surface area contributed by atoms with Crippen LogP contribution in [0, 0.1) is 35.0 Å². The van der Waals surface area contributed by atoms with Crippen molar-refractivity contribution in [3.8, 4) is 6.07 Å². The first-order chi connectivity index (χ1) is 9.31. The predicted octanol–water partition coefficient (Wildman–Crippen LogP) is 3.53. The van der Waals surface area contributed by atoms with Crippen molar-refractivity contribution in [2.75, 3.05) is 0 Å². The first kappa shape index (κ1) is 11.9. The monoisotopic (exact) mass is 272 g/mol. The summed E-state index contributed by atoms with van der Waals surface area (Å²) in [7, 11) is 0. The summed E-state index contributed by atoms with van der Waals surface area (Å²) in [4.78, 5) is 1.31. The predicted molar refractivity (Wildman–Crippen MR) is 76.7 cm³/mol. The molecular weight excluding hydrogens is 252 g/mol. The summed E-state index contributed by atoms with van der Waals surface area (Å²) in [6, 6.07) is 5.01. The van der Waals surface area contributed by atoms with Gasteiger partial charge in [-0.2, -0.15) is 5.26 Å². The highest BCUT2D eigenvalue weighted by Gasteiger charge is 2.47. The fraction of sp³-hybridized carbons (Fsp3) is 0.688. The molecule has 1 N–H and O–H groups in total. The average molecular weight is 272 g/mol. The first-order valence-corrected chi connectivity index (χ1v) is 8.40. The van der Waals surface area contributed by atoms with Gasteiger partial charge in [0.05, 0.1) is 5.56 Å². The summed E-state index contributed by atoms with van der Waals surface area (Å²) in [6.07, 6.45) is 7.41. The molecule has 4 saturated carbocycles. The molecule has 0 spiro atoms. The van der Waals surface area contributed by atoms with Gasteiger partial charge in [0.1, 0.15) is 6.07 Å². The van der Waals surface area contributed by atoms with E-state index in [-0.39, 0.29) is 0 Å². The van der Waals surface area contributed by atoms with Crippen molar-refractivity contribution in [3.63, 3.8) is 0 Å². The summed E-state index contributed by atoms with van der Waals surface area (Å²) in [5.41, 5.74) is 0.812. The molecule has 0 amide bonds. The average Bonchev–Trinajstić information content (AvgIpc) is 2.85. The van der Waals surface area contributed by atoms with Crippen molar-refractivity contribution in [2.45, 2.75) is 44.7 Å². The zero-order valence-electron chi connectivity index (χ0n) is 11.1. The molecule has 19 heavy (non-hydrogen) atoms. The highest BCUT2D eigenvalue weighted by atomic mass is 32.1. The van der Waals surface area contributed by atoms with Crippen LogP contribution in [0.3, 0.4) is 0 Å². The number of rotatable bonds is 3. The lowest BCUT2D eigenvalue weighted by Crippen LogP contribution is -2.54. The molecule has 4 fully saturated rings. The molecule has 2 nitrogen and oxygen atoms in total. The standard InChI is InChI=1S/C16H20N2S/c17-7-12-6-15(19-9-12)8-18-16-13-2-10-1-11(4-13)5-14(16)3-10/h6,9-11,13-14,16,18H,1-5,8H2. The van der Waals surface area contributed by atoms with E-state index in [4.69, 9.17) is 5.26 Å². The molecule has 4 bridgehead atoms. The van der Waals surface area contributed by atoms with Crippen molar-refractivity contribution in [3.05, 3.63) is 21.9 Å². The van der Waals surface area contributed by atoms with Gasteiger partial charge in [-0.25, -0.2) is 0 Å². The van der Waals surface area contributed by atoms with Crippen LogP contribution in [-0.4, -0.2) is 6.04 Å². The van der Waals surface area contributed by atoms with Crippen molar-refractivity contribution in [1.82, 2.24) is 5.32 Å². The van der Waals surface area contributed by atoms with E-state index >= 15 is 0 Å². The van der Waals surface area contributed by atoms with Gasteiger partial charge in [-0.1, -0.05) is 0 Å². The van der Waals surface area contributed by atoms with Gasteiger partial charge in [0, 0.05) is 22.8 Å². The molecule has 100 valence electrons. The number of nitriles is 1. The van der Waals surface area contributed by atoms with Crippen LogP contribution < -0.4 is 5.32 Å². The molecule has 3 heteroatoms. The third-order valence-corrected chi connectivity index (χ3v) is 6.46. The molecule has 4 aliphatic rings. The number of nitrogens with one attached hydrogen (secondary N) is 1. The van der Waals surface area contributed by atoms with Crippen LogP contribution in [0.2, 0.25) is 0 Å². The maximum absolute atomic E-state index is 8.87. The van der Waals surface area contributed by atoms with Crippen molar-refractivity contribution < 1.29 is 0 Å². The second-order valence-corrected chi connectivity index (χ2v) is 7.75. The second kappa shape index (κ2) is 4.61. The summed E-state index contributed by atoms with van der Waals surface area (Å²) >= 11 is 1.72. The van der Waals surface area contributed by atoms with Gasteiger partial charge in [-0.3, -0.25) is 0 Å². The molecule has 0 aromatic carbocycles. The Morgan fingerprint density at radius 2 is 1.84 bits per heavy atom.